The number of hydrogen-bond acceptors (Lipinski definition) is 5. The van der Waals surface area contributed by atoms with Gasteiger partial charge in [0.2, 0.25) is 0 Å². The Labute approximate surface area is 199 Å². The Morgan fingerprint density at radius 3 is 2.41 bits per heavy atom. The van der Waals surface area contributed by atoms with Crippen molar-refractivity contribution in [3.63, 3.8) is 0 Å². The lowest BCUT2D eigenvalue weighted by Crippen LogP contribution is -2.50. The molecule has 3 aromatic carbocycles. The minimum Gasteiger partial charge on any atom is -0.483 e. The molecule has 1 fully saturated rings. The van der Waals surface area contributed by atoms with Crippen LogP contribution in [0.3, 0.4) is 0 Å². The zero-order valence-electron chi connectivity index (χ0n) is 19.6. The van der Waals surface area contributed by atoms with Crippen molar-refractivity contribution < 1.29 is 9.53 Å². The van der Waals surface area contributed by atoms with Gasteiger partial charge in [0.05, 0.1) is 5.69 Å². The molecule has 1 saturated heterocycles. The quantitative estimate of drug-likeness (QED) is 0.442. The Bertz CT molecular complexity index is 1310. The predicted molar refractivity (Wildman–Crippen MR) is 135 cm³/mol. The Hall–Kier alpha value is -3.93. The topological polar surface area (TPSA) is 58.6 Å². The number of aryl methyl sites for hydroxylation is 1. The number of benzene rings is 3. The van der Waals surface area contributed by atoms with Gasteiger partial charge in [-0.3, -0.25) is 4.79 Å². The van der Waals surface area contributed by atoms with Gasteiger partial charge in [-0.2, -0.15) is 0 Å². The summed E-state index contributed by atoms with van der Waals surface area (Å²) >= 11 is 0. The molecule has 0 bridgehead atoms. The average Bonchev–Trinajstić information content (AvgIpc) is 2.89. The highest BCUT2D eigenvalue weighted by molar-refractivity contribution is 5.95. The predicted octanol–water partition coefficient (Wildman–Crippen LogP) is 4.64. The lowest BCUT2D eigenvalue weighted by atomic mass is 10.0. The zero-order valence-corrected chi connectivity index (χ0v) is 19.6. The van der Waals surface area contributed by atoms with Crippen LogP contribution in [0.25, 0.3) is 22.0 Å². The van der Waals surface area contributed by atoms with Gasteiger partial charge in [-0.05, 0) is 53.9 Å². The number of piperazine rings is 1. The molecule has 0 radical (unpaired) electrons. The number of amides is 1. The Morgan fingerprint density at radius 1 is 0.853 bits per heavy atom. The van der Waals surface area contributed by atoms with Crippen LogP contribution in [0.1, 0.15) is 11.1 Å². The molecular formula is C28H28N4O2. The smallest absolute Gasteiger partial charge is 0.260 e. The van der Waals surface area contributed by atoms with Crippen LogP contribution in [0.15, 0.2) is 72.8 Å². The third-order valence-corrected chi connectivity index (χ3v) is 6.58. The lowest BCUT2D eigenvalue weighted by molar-refractivity contribution is -0.133. The van der Waals surface area contributed by atoms with E-state index in [2.05, 4.69) is 39.4 Å². The second-order valence-corrected chi connectivity index (χ2v) is 8.66. The number of carbonyl (C=O) groups is 1. The van der Waals surface area contributed by atoms with Crippen LogP contribution in [0.4, 0.5) is 5.82 Å². The van der Waals surface area contributed by atoms with Gasteiger partial charge in [-0.15, -0.1) is 10.2 Å². The highest BCUT2D eigenvalue weighted by Crippen LogP contribution is 2.27. The van der Waals surface area contributed by atoms with Crippen LogP contribution in [0.2, 0.25) is 0 Å². The van der Waals surface area contributed by atoms with Gasteiger partial charge < -0.3 is 14.5 Å². The highest BCUT2D eigenvalue weighted by atomic mass is 16.5. The van der Waals surface area contributed by atoms with E-state index < -0.39 is 0 Å². The third-order valence-electron chi connectivity index (χ3n) is 6.58. The first-order valence-corrected chi connectivity index (χ1v) is 11.6. The number of anilines is 1. The summed E-state index contributed by atoms with van der Waals surface area (Å²) in [6, 6.07) is 24.5. The second-order valence-electron chi connectivity index (χ2n) is 8.66. The van der Waals surface area contributed by atoms with Crippen molar-refractivity contribution in [1.29, 1.82) is 0 Å². The Balaban J connectivity index is 1.19. The van der Waals surface area contributed by atoms with Crippen molar-refractivity contribution >= 4 is 22.5 Å². The summed E-state index contributed by atoms with van der Waals surface area (Å²) in [7, 11) is 0. The standard InChI is InChI=1S/C28H28N4O2/c1-20-7-5-12-26(21(20)2)34-19-28(33)32-17-15-31(16-18-32)27-14-13-25(29-30-27)24-11-6-9-22-8-3-4-10-23(22)24/h3-14H,15-19H2,1-2H3. The van der Waals surface area contributed by atoms with Gasteiger partial charge in [-0.1, -0.05) is 54.6 Å². The molecule has 0 N–H and O–H groups in total. The molecule has 172 valence electrons. The molecule has 34 heavy (non-hydrogen) atoms. The maximum atomic E-state index is 12.7. The average molecular weight is 453 g/mol. The van der Waals surface area contributed by atoms with Crippen LogP contribution >= 0.6 is 0 Å². The number of fused-ring (bicyclic) bond motifs is 1. The van der Waals surface area contributed by atoms with Crippen molar-refractivity contribution in [2.75, 3.05) is 37.7 Å². The van der Waals surface area contributed by atoms with Crippen LogP contribution in [-0.2, 0) is 4.79 Å². The van der Waals surface area contributed by atoms with Crippen LogP contribution in [0.5, 0.6) is 5.75 Å². The van der Waals surface area contributed by atoms with Crippen molar-refractivity contribution in [2.24, 2.45) is 0 Å². The van der Waals surface area contributed by atoms with Gasteiger partial charge in [0.15, 0.2) is 12.4 Å². The highest BCUT2D eigenvalue weighted by Gasteiger charge is 2.23. The second kappa shape index (κ2) is 9.51. The maximum absolute atomic E-state index is 12.7. The van der Waals surface area contributed by atoms with Crippen LogP contribution < -0.4 is 9.64 Å². The van der Waals surface area contributed by atoms with E-state index in [0.717, 1.165) is 47.0 Å². The summed E-state index contributed by atoms with van der Waals surface area (Å²) in [5, 5.41) is 11.4. The van der Waals surface area contributed by atoms with Gasteiger partial charge in [-0.25, -0.2) is 0 Å². The molecule has 6 heteroatoms. The normalized spacial score (nSPS) is 13.8. The first-order valence-electron chi connectivity index (χ1n) is 11.6. The monoisotopic (exact) mass is 452 g/mol. The largest absolute Gasteiger partial charge is 0.483 e. The van der Waals surface area contributed by atoms with E-state index in [1.807, 2.05) is 67.3 Å². The number of rotatable bonds is 5. The summed E-state index contributed by atoms with van der Waals surface area (Å²) in [6.45, 7) is 6.84. The summed E-state index contributed by atoms with van der Waals surface area (Å²) in [5.41, 5.74) is 4.17. The van der Waals surface area contributed by atoms with E-state index >= 15 is 0 Å². The number of nitrogens with zero attached hydrogens (tertiary/aromatic N) is 4. The van der Waals surface area contributed by atoms with E-state index in [-0.39, 0.29) is 12.5 Å². The van der Waals surface area contributed by atoms with Crippen LogP contribution in [-0.4, -0.2) is 53.8 Å². The SMILES string of the molecule is Cc1cccc(OCC(=O)N2CCN(c3ccc(-c4cccc5ccccc45)nn3)CC2)c1C. The maximum Gasteiger partial charge on any atom is 0.260 e. The zero-order chi connectivity index (χ0) is 23.5. The van der Waals surface area contributed by atoms with Gasteiger partial charge in [0, 0.05) is 31.7 Å². The molecule has 4 aromatic rings. The fraction of sp³-hybridized carbons (Fsp3) is 0.250. The molecule has 0 saturated carbocycles. The molecule has 0 atom stereocenters. The number of ether oxygens (including phenoxy) is 1. The minimum absolute atomic E-state index is 0.0120. The van der Waals surface area contributed by atoms with E-state index in [9.17, 15) is 4.79 Å². The Morgan fingerprint density at radius 2 is 1.62 bits per heavy atom. The molecule has 0 aliphatic carbocycles. The molecule has 6 nitrogen and oxygen atoms in total. The molecular weight excluding hydrogens is 424 g/mol. The van der Waals surface area contributed by atoms with Gasteiger partial charge in [0.25, 0.3) is 5.91 Å². The summed E-state index contributed by atoms with van der Waals surface area (Å²) in [6.07, 6.45) is 0. The van der Waals surface area contributed by atoms with Crippen LogP contribution in [0, 0.1) is 13.8 Å². The van der Waals surface area contributed by atoms with Crippen molar-refractivity contribution in [1.82, 2.24) is 15.1 Å². The molecule has 0 spiro atoms. The first kappa shape index (κ1) is 21.9. The summed E-state index contributed by atoms with van der Waals surface area (Å²) < 4.78 is 5.80. The summed E-state index contributed by atoms with van der Waals surface area (Å²) in [4.78, 5) is 16.7. The molecule has 1 amide bonds. The molecule has 5 rings (SSSR count). The van der Waals surface area contributed by atoms with E-state index in [4.69, 9.17) is 4.74 Å². The summed E-state index contributed by atoms with van der Waals surface area (Å²) in [5.74, 6) is 1.62. The molecule has 2 heterocycles. The lowest BCUT2D eigenvalue weighted by Gasteiger charge is -2.35. The molecule has 1 aromatic heterocycles. The molecule has 0 unspecified atom stereocenters. The fourth-order valence-corrected chi connectivity index (χ4v) is 4.38. The third kappa shape index (κ3) is 4.44. The number of aromatic nitrogens is 2. The van der Waals surface area contributed by atoms with Crippen molar-refractivity contribution in [2.45, 2.75) is 13.8 Å². The van der Waals surface area contributed by atoms with Gasteiger partial charge in [0.1, 0.15) is 5.75 Å². The molecule has 1 aliphatic rings. The van der Waals surface area contributed by atoms with Crippen molar-refractivity contribution in [3.05, 3.63) is 83.9 Å². The van der Waals surface area contributed by atoms with E-state index in [0.29, 0.717) is 13.1 Å². The van der Waals surface area contributed by atoms with Gasteiger partial charge >= 0.3 is 0 Å². The van der Waals surface area contributed by atoms with Crippen molar-refractivity contribution in [3.8, 4) is 17.0 Å². The fourth-order valence-electron chi connectivity index (χ4n) is 4.38. The van der Waals surface area contributed by atoms with E-state index in [1.165, 1.54) is 10.8 Å². The van der Waals surface area contributed by atoms with E-state index in [1.54, 1.807) is 0 Å². The molecule has 1 aliphatic heterocycles. The minimum atomic E-state index is 0.0120. The number of carbonyl (C=O) groups excluding carboxylic acids is 1. The number of hydrogen-bond donors (Lipinski definition) is 0. The first-order chi connectivity index (χ1) is 16.6. The Kier molecular flexibility index (Phi) is 6.12.